The third kappa shape index (κ3) is 14.3. The van der Waals surface area contributed by atoms with Crippen molar-refractivity contribution < 1.29 is 55.7 Å². The molecule has 0 radical (unpaired) electrons. The molecule has 78 valence electrons. The number of hydrogen-bond acceptors (Lipinski definition) is 3. The average Bonchev–Trinajstić information content (AvgIpc) is 1.81. The first kappa shape index (κ1) is 16.3. The van der Waals surface area contributed by atoms with Gasteiger partial charge in [0, 0.05) is 32.3 Å². The number of hydrogen-bond donors (Lipinski definition) is 5. The third-order valence-corrected chi connectivity index (χ3v) is 0.830. The fourth-order valence-corrected chi connectivity index (χ4v) is 0.493. The molecule has 0 saturated carbocycles. The van der Waals surface area contributed by atoms with E-state index < -0.39 is 7.82 Å². The largest absolute Gasteiger partial charge is 0.508 e. The summed E-state index contributed by atoms with van der Waals surface area (Å²) in [4.78, 5) is 21.6. The van der Waals surface area contributed by atoms with Crippen molar-refractivity contribution in [2.45, 2.75) is 0 Å². The molecule has 0 aliphatic rings. The van der Waals surface area contributed by atoms with E-state index in [0.717, 1.165) is 0 Å². The number of phenols is 2. The van der Waals surface area contributed by atoms with Gasteiger partial charge in [-0.3, -0.25) is 0 Å². The Morgan fingerprint density at radius 1 is 1.00 bits per heavy atom. The van der Waals surface area contributed by atoms with Crippen LogP contribution in [0.25, 0.3) is 0 Å². The topological polar surface area (TPSA) is 118 Å². The molecule has 0 bridgehead atoms. The van der Waals surface area contributed by atoms with Crippen LogP contribution < -0.4 is 0 Å². The van der Waals surface area contributed by atoms with Crippen LogP contribution in [0.2, 0.25) is 0 Å². The van der Waals surface area contributed by atoms with Gasteiger partial charge in [0.25, 0.3) is 0 Å². The molecule has 8 heteroatoms. The summed E-state index contributed by atoms with van der Waals surface area (Å²) in [6.45, 7) is 0. The fourth-order valence-electron chi connectivity index (χ4n) is 0.493. The van der Waals surface area contributed by atoms with Crippen LogP contribution in [0, 0.1) is 0 Å². The minimum Gasteiger partial charge on any atom is -0.508 e. The molecule has 0 spiro atoms. The Morgan fingerprint density at radius 2 is 1.29 bits per heavy atom. The summed E-state index contributed by atoms with van der Waals surface area (Å²) in [7, 11) is -4.64. The van der Waals surface area contributed by atoms with Crippen molar-refractivity contribution in [2.24, 2.45) is 0 Å². The maximum absolute atomic E-state index is 8.88. The normalized spacial score (nSPS) is 9.36. The van der Waals surface area contributed by atoms with Crippen molar-refractivity contribution >= 4 is 7.82 Å². The van der Waals surface area contributed by atoms with E-state index in [1.54, 1.807) is 6.07 Å². The predicted molar refractivity (Wildman–Crippen MR) is 44.0 cm³/mol. The van der Waals surface area contributed by atoms with Crippen LogP contribution in [0.15, 0.2) is 24.3 Å². The smallest absolute Gasteiger partial charge is 0.466 e. The van der Waals surface area contributed by atoms with Crippen LogP contribution in [0.4, 0.5) is 0 Å². The molecule has 0 unspecified atom stereocenters. The van der Waals surface area contributed by atoms with Gasteiger partial charge in [0.05, 0.1) is 0 Å². The van der Waals surface area contributed by atoms with Crippen LogP contribution in [0.5, 0.6) is 11.5 Å². The minimum absolute atomic E-state index is 0. The monoisotopic (exact) mass is 298 g/mol. The van der Waals surface area contributed by atoms with Gasteiger partial charge in [-0.25, -0.2) is 4.57 Å². The maximum Gasteiger partial charge on any atom is 0.466 e. The first-order chi connectivity index (χ1) is 5.79. The van der Waals surface area contributed by atoms with Crippen molar-refractivity contribution in [2.75, 3.05) is 0 Å². The zero-order valence-corrected chi connectivity index (χ0v) is 10.3. The van der Waals surface area contributed by atoms with E-state index in [2.05, 4.69) is 0 Å². The number of benzene rings is 1. The first-order valence-electron chi connectivity index (χ1n) is 3.05. The molecule has 6 nitrogen and oxygen atoms in total. The van der Waals surface area contributed by atoms with Gasteiger partial charge in [-0.05, 0) is 12.1 Å². The minimum atomic E-state index is -4.64. The van der Waals surface area contributed by atoms with Gasteiger partial charge in [-0.15, -0.1) is 0 Å². The van der Waals surface area contributed by atoms with E-state index in [1.165, 1.54) is 18.2 Å². The van der Waals surface area contributed by atoms with Gasteiger partial charge >= 0.3 is 7.82 Å². The van der Waals surface area contributed by atoms with E-state index in [0.29, 0.717) is 0 Å². The van der Waals surface area contributed by atoms with Gasteiger partial charge in [0.2, 0.25) is 0 Å². The van der Waals surface area contributed by atoms with Gasteiger partial charge in [-0.2, -0.15) is 0 Å². The van der Waals surface area contributed by atoms with Crippen molar-refractivity contribution in [1.29, 1.82) is 0 Å². The summed E-state index contributed by atoms with van der Waals surface area (Å²) < 4.78 is 8.88. The molecule has 0 amide bonds. The summed E-state index contributed by atoms with van der Waals surface area (Å²) in [5.41, 5.74) is 0. The second-order valence-electron chi connectivity index (χ2n) is 2.03. The standard InChI is InChI=1S/C6H6O2.H3O4P.Zr/c7-5-2-1-3-6(8)4-5;1-5(2,3)4;/h1-4,7-8H;(H3,1,2,3,4);. The van der Waals surface area contributed by atoms with Crippen molar-refractivity contribution in [3.63, 3.8) is 0 Å². The van der Waals surface area contributed by atoms with Crippen molar-refractivity contribution in [1.82, 2.24) is 0 Å². The zero-order chi connectivity index (χ0) is 10.5. The number of phenolic OH excluding ortho intramolecular Hbond substituents is 2. The molecule has 1 aromatic carbocycles. The third-order valence-electron chi connectivity index (χ3n) is 0.830. The molecule has 0 heterocycles. The summed E-state index contributed by atoms with van der Waals surface area (Å²) in [5.74, 6) is 0.176. The van der Waals surface area contributed by atoms with Crippen molar-refractivity contribution in [3.05, 3.63) is 24.3 Å². The Hall–Kier alpha value is -0.187. The maximum atomic E-state index is 8.88. The number of aromatic hydroxyl groups is 2. The Bertz CT molecular complexity index is 285. The van der Waals surface area contributed by atoms with Gasteiger partial charge in [0.1, 0.15) is 11.5 Å². The summed E-state index contributed by atoms with van der Waals surface area (Å²) in [6, 6.07) is 5.85. The molecule has 0 atom stereocenters. The molecular formula is C6H9O6PZr. The van der Waals surface area contributed by atoms with Crippen molar-refractivity contribution in [3.8, 4) is 11.5 Å². The fraction of sp³-hybridized carbons (Fsp3) is 0. The Kier molecular flexibility index (Phi) is 8.30. The summed E-state index contributed by atoms with van der Waals surface area (Å²) >= 11 is 0. The SMILES string of the molecule is O=P(O)(O)O.Oc1cccc(O)c1.[Zr]. The van der Waals surface area contributed by atoms with Crippen LogP contribution in [0.3, 0.4) is 0 Å². The second-order valence-corrected chi connectivity index (χ2v) is 3.06. The zero-order valence-electron chi connectivity index (χ0n) is 6.90. The van der Waals surface area contributed by atoms with E-state index in [4.69, 9.17) is 29.5 Å². The predicted octanol–water partition coefficient (Wildman–Crippen LogP) is 0.167. The van der Waals surface area contributed by atoms with Crippen LogP contribution in [-0.2, 0) is 30.8 Å². The quantitative estimate of drug-likeness (QED) is 0.436. The molecule has 5 N–H and O–H groups in total. The molecule has 14 heavy (non-hydrogen) atoms. The average molecular weight is 299 g/mol. The molecule has 0 fully saturated rings. The molecular weight excluding hydrogens is 290 g/mol. The Balaban J connectivity index is 0. The Labute approximate surface area is 99.2 Å². The molecule has 0 aromatic heterocycles. The van der Waals surface area contributed by atoms with Gasteiger partial charge in [0.15, 0.2) is 0 Å². The number of rotatable bonds is 0. The second kappa shape index (κ2) is 7.15. The van der Waals surface area contributed by atoms with Crippen LogP contribution >= 0.6 is 7.82 Å². The summed E-state index contributed by atoms with van der Waals surface area (Å²) in [5, 5.41) is 17.3. The van der Waals surface area contributed by atoms with Gasteiger partial charge < -0.3 is 24.9 Å². The molecule has 0 aliphatic carbocycles. The Morgan fingerprint density at radius 3 is 1.43 bits per heavy atom. The summed E-state index contributed by atoms with van der Waals surface area (Å²) in [6.07, 6.45) is 0. The van der Waals surface area contributed by atoms with E-state index in [1.807, 2.05) is 0 Å². The van der Waals surface area contributed by atoms with Crippen LogP contribution in [0.1, 0.15) is 0 Å². The molecule has 1 rings (SSSR count). The van der Waals surface area contributed by atoms with Gasteiger partial charge in [-0.1, -0.05) is 6.07 Å². The number of phosphoric acid groups is 1. The van der Waals surface area contributed by atoms with E-state index in [9.17, 15) is 0 Å². The molecule has 1 aromatic rings. The van der Waals surface area contributed by atoms with Crippen LogP contribution in [-0.4, -0.2) is 24.9 Å². The van der Waals surface area contributed by atoms with E-state index >= 15 is 0 Å². The molecule has 0 aliphatic heterocycles. The van der Waals surface area contributed by atoms with E-state index in [-0.39, 0.29) is 37.7 Å². The first-order valence-corrected chi connectivity index (χ1v) is 4.62. The molecule has 0 saturated heterocycles.